The zero-order valence-electron chi connectivity index (χ0n) is 45.4. The number of likely N-dealkylation sites (tertiary alicyclic amines) is 1. The van der Waals surface area contributed by atoms with Crippen LogP contribution >= 0.6 is 23.1 Å². The smallest absolute Gasteiger partial charge is 0.255 e. The van der Waals surface area contributed by atoms with Crippen molar-refractivity contribution >= 4 is 64.2 Å². The molecule has 6 heterocycles. The number of aromatic nitrogens is 5. The molecule has 0 spiro atoms. The zero-order valence-corrected chi connectivity index (χ0v) is 47.0. The van der Waals surface area contributed by atoms with E-state index in [0.717, 1.165) is 114 Å². The van der Waals surface area contributed by atoms with Crippen molar-refractivity contribution in [2.45, 2.75) is 158 Å². The second kappa shape index (κ2) is 26.1. The highest BCUT2D eigenvalue weighted by atomic mass is 32.2. The molecule has 5 aromatic rings. The van der Waals surface area contributed by atoms with Crippen LogP contribution in [0.4, 0.5) is 17.5 Å². The minimum Gasteiger partial charge on any atom is -0.391 e. The molecule has 412 valence electrons. The SMILES string of the molecule is Cc1ncsc1-c1ccc([C@H](C)NC(=O)[C@@H]2C[C@@H](O)CN2C(=O)[C@@H](NC(=O)c2cnc(N3CCC(OCCCCCCCC(=O)Nc4cccc(Sc5cnc(N6CCC(C)(N)CC6)cn5)c4)CC3)nc2)C(C)(C)C)cc1. The predicted molar refractivity (Wildman–Crippen MR) is 302 cm³/mol. The van der Waals surface area contributed by atoms with Crippen LogP contribution in [0.1, 0.15) is 133 Å². The molecule has 6 N–H and O–H groups in total. The summed E-state index contributed by atoms with van der Waals surface area (Å²) >= 11 is 3.09. The molecule has 0 aliphatic carbocycles. The van der Waals surface area contributed by atoms with E-state index in [4.69, 9.17) is 10.5 Å². The van der Waals surface area contributed by atoms with Gasteiger partial charge in [0.05, 0.1) is 52.3 Å². The maximum absolute atomic E-state index is 14.3. The lowest BCUT2D eigenvalue weighted by molar-refractivity contribution is -0.142. The third-order valence-corrected chi connectivity index (χ3v) is 16.6. The first kappa shape index (κ1) is 57.1. The van der Waals surface area contributed by atoms with Crippen molar-refractivity contribution in [3.8, 4) is 10.4 Å². The number of thiazole rings is 1. The highest BCUT2D eigenvalue weighted by Crippen LogP contribution is 2.32. The number of nitrogens with zero attached hydrogens (tertiary/aromatic N) is 8. The lowest BCUT2D eigenvalue weighted by Crippen LogP contribution is -2.57. The molecule has 18 nitrogen and oxygen atoms in total. The molecule has 8 rings (SSSR count). The normalized spacial score (nSPS) is 18.7. The van der Waals surface area contributed by atoms with Gasteiger partial charge in [0.1, 0.15) is 22.9 Å². The Morgan fingerprint density at radius 1 is 0.883 bits per heavy atom. The molecular formula is C57H76N12O6S2. The summed E-state index contributed by atoms with van der Waals surface area (Å²) in [5.41, 5.74) is 11.1. The fourth-order valence-corrected chi connectivity index (χ4v) is 11.6. The van der Waals surface area contributed by atoms with E-state index in [-0.39, 0.29) is 48.0 Å². The lowest BCUT2D eigenvalue weighted by Gasteiger charge is -2.37. The van der Waals surface area contributed by atoms with Crippen molar-refractivity contribution < 1.29 is 29.0 Å². The second-order valence-electron chi connectivity index (χ2n) is 22.2. The Morgan fingerprint density at radius 3 is 2.27 bits per heavy atom. The molecular weight excluding hydrogens is 1010 g/mol. The van der Waals surface area contributed by atoms with Gasteiger partial charge in [-0.1, -0.05) is 82.1 Å². The van der Waals surface area contributed by atoms with Crippen LogP contribution in [0.25, 0.3) is 10.4 Å². The number of nitrogens with two attached hydrogens (primary N) is 1. The second-order valence-corrected chi connectivity index (χ2v) is 24.1. The first-order chi connectivity index (χ1) is 36.9. The van der Waals surface area contributed by atoms with Gasteiger partial charge < -0.3 is 46.2 Å². The van der Waals surface area contributed by atoms with Gasteiger partial charge in [-0.15, -0.1) is 11.3 Å². The number of piperidine rings is 2. The Labute approximate surface area is 461 Å². The number of hydrogen-bond acceptors (Lipinski definition) is 16. The van der Waals surface area contributed by atoms with Crippen LogP contribution in [0.5, 0.6) is 0 Å². The summed E-state index contributed by atoms with van der Waals surface area (Å²) in [6, 6.07) is 13.5. The topological polar surface area (TPSA) is 234 Å². The molecule has 3 aliphatic heterocycles. The summed E-state index contributed by atoms with van der Waals surface area (Å²) in [6.07, 6.45) is 14.8. The number of aliphatic hydroxyl groups is 1. The van der Waals surface area contributed by atoms with Crippen LogP contribution in [0.15, 0.2) is 88.8 Å². The average Bonchev–Trinajstić information content (AvgIpc) is 4.04. The van der Waals surface area contributed by atoms with E-state index < -0.39 is 35.4 Å². The zero-order chi connectivity index (χ0) is 54.7. The number of aryl methyl sites for hydroxylation is 1. The summed E-state index contributed by atoms with van der Waals surface area (Å²) < 4.78 is 6.24. The van der Waals surface area contributed by atoms with E-state index in [1.165, 1.54) is 29.1 Å². The summed E-state index contributed by atoms with van der Waals surface area (Å²) in [4.78, 5) is 85.0. The van der Waals surface area contributed by atoms with Gasteiger partial charge in [-0.2, -0.15) is 0 Å². The lowest BCUT2D eigenvalue weighted by atomic mass is 9.85. The Morgan fingerprint density at radius 2 is 1.60 bits per heavy atom. The van der Waals surface area contributed by atoms with Gasteiger partial charge in [0.15, 0.2) is 0 Å². The highest BCUT2D eigenvalue weighted by Gasteiger charge is 2.45. The van der Waals surface area contributed by atoms with Gasteiger partial charge in [0.25, 0.3) is 5.91 Å². The Balaban J connectivity index is 0.701. The van der Waals surface area contributed by atoms with Crippen molar-refractivity contribution in [3.05, 3.63) is 95.6 Å². The molecule has 2 aromatic carbocycles. The quantitative estimate of drug-likeness (QED) is 0.0437. The van der Waals surface area contributed by atoms with Crippen molar-refractivity contribution in [1.29, 1.82) is 0 Å². The molecule has 0 saturated carbocycles. The summed E-state index contributed by atoms with van der Waals surface area (Å²) in [7, 11) is 0. The number of β-amino-alcohol motifs (C(OH)–C–C–N with tert-alkyl or cyclic N) is 1. The van der Waals surface area contributed by atoms with Crippen molar-refractivity contribution in [2.24, 2.45) is 11.1 Å². The van der Waals surface area contributed by atoms with E-state index in [1.54, 1.807) is 17.5 Å². The molecule has 3 fully saturated rings. The third-order valence-electron chi connectivity index (χ3n) is 14.7. The molecule has 0 unspecified atom stereocenters. The largest absolute Gasteiger partial charge is 0.391 e. The number of amides is 4. The number of rotatable bonds is 21. The Kier molecular flexibility index (Phi) is 19.3. The van der Waals surface area contributed by atoms with Crippen molar-refractivity contribution in [1.82, 2.24) is 40.5 Å². The number of carbonyl (C=O) groups is 4. The first-order valence-corrected chi connectivity index (χ1v) is 28.8. The van der Waals surface area contributed by atoms with Gasteiger partial charge >= 0.3 is 0 Å². The van der Waals surface area contributed by atoms with E-state index in [2.05, 4.69) is 57.6 Å². The van der Waals surface area contributed by atoms with Crippen molar-refractivity contribution in [2.75, 3.05) is 54.4 Å². The monoisotopic (exact) mass is 1090 g/mol. The van der Waals surface area contributed by atoms with E-state index in [0.29, 0.717) is 32.1 Å². The van der Waals surface area contributed by atoms with Crippen LogP contribution in [-0.4, -0.2) is 128 Å². The summed E-state index contributed by atoms with van der Waals surface area (Å²) in [5, 5.41) is 20.5. The molecule has 3 saturated heterocycles. The number of ether oxygens (including phenoxy) is 1. The number of nitrogens with one attached hydrogen (secondary N) is 3. The van der Waals surface area contributed by atoms with Gasteiger partial charge in [-0.3, -0.25) is 19.2 Å². The molecule has 77 heavy (non-hydrogen) atoms. The van der Waals surface area contributed by atoms with Crippen LogP contribution in [-0.2, 0) is 19.1 Å². The number of unbranched alkanes of at least 4 members (excludes halogenated alkanes) is 4. The number of aliphatic hydroxyl groups excluding tert-OH is 1. The molecule has 0 radical (unpaired) electrons. The molecule has 3 aliphatic rings. The molecule has 0 bridgehead atoms. The van der Waals surface area contributed by atoms with E-state index in [1.807, 2.05) is 94.9 Å². The molecule has 4 atom stereocenters. The van der Waals surface area contributed by atoms with E-state index >= 15 is 0 Å². The maximum atomic E-state index is 14.3. The standard InChI is InChI=1S/C57H76N12O6S2/c1-37(39-16-18-40(19-17-39)50-38(2)63-36-76-50)64-53(73)46-30-43(70)35-69(46)54(74)51(56(3,4)5)66-52(72)41-31-61-55(62-32-41)68-24-20-44(21-25-68)75-28-11-9-7-8-10-15-48(71)65-42-13-12-14-45(29-42)77-49-34-59-47(33-60-49)67-26-22-57(6,58)23-27-67/h12-14,16-19,29,31-34,36-37,43-44,46,51,70H,7-11,15,20-28,30,35,58H2,1-6H3,(H,64,73)(H,65,71)(H,66,72)/t37-,43+,46-,51+/m0/s1. The van der Waals surface area contributed by atoms with Gasteiger partial charge in [0, 0.05) is 80.7 Å². The van der Waals surface area contributed by atoms with Gasteiger partial charge in [-0.25, -0.2) is 24.9 Å². The molecule has 20 heteroatoms. The minimum atomic E-state index is -1.00. The van der Waals surface area contributed by atoms with Crippen LogP contribution in [0, 0.1) is 12.3 Å². The van der Waals surface area contributed by atoms with Crippen LogP contribution < -0.4 is 31.5 Å². The molecule has 4 amide bonds. The number of carbonyl (C=O) groups excluding carboxylic acids is 4. The van der Waals surface area contributed by atoms with Crippen LogP contribution in [0.2, 0.25) is 0 Å². The number of hydrogen-bond donors (Lipinski definition) is 5. The summed E-state index contributed by atoms with van der Waals surface area (Å²) in [5.74, 6) is 0.0729. The number of benzene rings is 2. The minimum absolute atomic E-state index is 0.0109. The highest BCUT2D eigenvalue weighted by molar-refractivity contribution is 7.99. The molecule has 3 aromatic heterocycles. The predicted octanol–water partition coefficient (Wildman–Crippen LogP) is 8.12. The van der Waals surface area contributed by atoms with Gasteiger partial charge in [0.2, 0.25) is 23.7 Å². The Bertz CT molecular complexity index is 2750. The number of anilines is 3. The third kappa shape index (κ3) is 15.8. The van der Waals surface area contributed by atoms with Gasteiger partial charge in [-0.05, 0) is 94.0 Å². The van der Waals surface area contributed by atoms with E-state index in [9.17, 15) is 24.3 Å². The fraction of sp³-hybridized carbons (Fsp3) is 0.526. The average molecular weight is 1090 g/mol. The maximum Gasteiger partial charge on any atom is 0.255 e. The van der Waals surface area contributed by atoms with Crippen molar-refractivity contribution in [3.63, 3.8) is 0 Å². The van der Waals surface area contributed by atoms with Crippen LogP contribution in [0.3, 0.4) is 0 Å². The first-order valence-electron chi connectivity index (χ1n) is 27.1. The summed E-state index contributed by atoms with van der Waals surface area (Å²) in [6.45, 7) is 15.4. The fourth-order valence-electron chi connectivity index (χ4n) is 9.98. The Hall–Kier alpha value is -6.06.